The molecule has 0 saturated carbocycles. The van der Waals surface area contributed by atoms with Crippen molar-refractivity contribution in [2.24, 2.45) is 0 Å². The Hall–Kier alpha value is -1.58. The van der Waals surface area contributed by atoms with E-state index >= 15 is 0 Å². The van der Waals surface area contributed by atoms with Crippen LogP contribution in [-0.2, 0) is 6.42 Å². The lowest BCUT2D eigenvalue weighted by atomic mass is 10.0. The topological polar surface area (TPSA) is 33.1 Å². The predicted octanol–water partition coefficient (Wildman–Crippen LogP) is 4.25. The van der Waals surface area contributed by atoms with Crippen molar-refractivity contribution in [3.8, 4) is 5.75 Å². The zero-order valence-electron chi connectivity index (χ0n) is 9.43. The molecule has 0 saturated heterocycles. The zero-order valence-corrected chi connectivity index (χ0v) is 11.0. The fraction of sp³-hybridized carbons (Fsp3) is 0.0714. The molecule has 3 aromatic rings. The molecule has 0 radical (unpaired) electrons. The molecule has 0 spiro atoms. The molecule has 3 rings (SSSR count). The fourth-order valence-electron chi connectivity index (χ4n) is 1.92. The maximum atomic E-state index is 10.0. The van der Waals surface area contributed by atoms with Crippen molar-refractivity contribution < 1.29 is 5.11 Å². The van der Waals surface area contributed by atoms with E-state index in [4.69, 9.17) is 11.6 Å². The van der Waals surface area contributed by atoms with E-state index in [1.54, 1.807) is 11.6 Å². The molecule has 4 heteroatoms. The Balaban J connectivity index is 2.04. The number of nitrogens with zero attached hydrogens (tertiary/aromatic N) is 1. The first-order chi connectivity index (χ1) is 8.74. The molecule has 0 atom stereocenters. The molecular formula is C14H10ClNOS. The molecule has 90 valence electrons. The molecule has 18 heavy (non-hydrogen) atoms. The van der Waals surface area contributed by atoms with Gasteiger partial charge in [0, 0.05) is 17.0 Å². The molecule has 1 N–H and O–H groups in total. The first-order valence-corrected chi connectivity index (χ1v) is 6.78. The van der Waals surface area contributed by atoms with Gasteiger partial charge in [-0.25, -0.2) is 4.98 Å². The summed E-state index contributed by atoms with van der Waals surface area (Å²) in [5, 5.41) is 10.7. The van der Waals surface area contributed by atoms with E-state index in [0.717, 1.165) is 26.4 Å². The molecule has 0 aliphatic heterocycles. The molecule has 0 aliphatic carbocycles. The van der Waals surface area contributed by atoms with Crippen LogP contribution >= 0.6 is 22.9 Å². The summed E-state index contributed by atoms with van der Waals surface area (Å²) in [7, 11) is 0. The average Bonchev–Trinajstić information content (AvgIpc) is 2.79. The van der Waals surface area contributed by atoms with Crippen molar-refractivity contribution in [3.05, 3.63) is 58.1 Å². The van der Waals surface area contributed by atoms with Crippen molar-refractivity contribution in [2.75, 3.05) is 0 Å². The van der Waals surface area contributed by atoms with Crippen LogP contribution < -0.4 is 0 Å². The number of halogens is 1. The predicted molar refractivity (Wildman–Crippen MR) is 75.5 cm³/mol. The molecule has 1 aromatic heterocycles. The first kappa shape index (κ1) is 11.5. The summed E-state index contributed by atoms with van der Waals surface area (Å²) in [5.74, 6) is 0.298. The molecule has 0 bridgehead atoms. The number of thiazole rings is 1. The number of hydrogen-bond acceptors (Lipinski definition) is 3. The van der Waals surface area contributed by atoms with Gasteiger partial charge >= 0.3 is 0 Å². The number of aromatic hydroxyl groups is 1. The van der Waals surface area contributed by atoms with Gasteiger partial charge in [0.05, 0.1) is 15.7 Å². The third-order valence-corrected chi connectivity index (χ3v) is 4.03. The molecule has 2 aromatic carbocycles. The zero-order chi connectivity index (χ0) is 12.5. The second-order valence-corrected chi connectivity index (χ2v) is 5.36. The number of benzene rings is 2. The molecule has 0 fully saturated rings. The minimum atomic E-state index is 0.298. The number of rotatable bonds is 2. The Labute approximate surface area is 113 Å². The Kier molecular flexibility index (Phi) is 2.94. The third-order valence-electron chi connectivity index (χ3n) is 2.87. The van der Waals surface area contributed by atoms with E-state index in [1.165, 1.54) is 11.3 Å². The standard InChI is InChI=1S/C14H10ClNOS/c15-11-4-2-1-3-9(11)5-10-6-12-14(7-13(10)17)18-8-16-12/h1-4,6-8,17H,5H2. The van der Waals surface area contributed by atoms with E-state index in [2.05, 4.69) is 4.98 Å². The minimum Gasteiger partial charge on any atom is -0.508 e. The summed E-state index contributed by atoms with van der Waals surface area (Å²) in [6, 6.07) is 11.3. The van der Waals surface area contributed by atoms with Crippen LogP contribution in [0.2, 0.25) is 5.02 Å². The number of hydrogen-bond donors (Lipinski definition) is 1. The van der Waals surface area contributed by atoms with Gasteiger partial charge in [0.15, 0.2) is 0 Å². The maximum Gasteiger partial charge on any atom is 0.120 e. The Bertz CT molecular complexity index is 708. The van der Waals surface area contributed by atoms with Gasteiger partial charge < -0.3 is 5.11 Å². The number of phenolic OH excluding ortho intramolecular Hbond substituents is 1. The van der Waals surface area contributed by atoms with Crippen LogP contribution in [0.3, 0.4) is 0 Å². The van der Waals surface area contributed by atoms with Gasteiger partial charge in [0.25, 0.3) is 0 Å². The van der Waals surface area contributed by atoms with Crippen LogP contribution in [0.4, 0.5) is 0 Å². The molecule has 0 aliphatic rings. The fourth-order valence-corrected chi connectivity index (χ4v) is 2.82. The SMILES string of the molecule is Oc1cc2scnc2cc1Cc1ccccc1Cl. The highest BCUT2D eigenvalue weighted by Crippen LogP contribution is 2.30. The molecular weight excluding hydrogens is 266 g/mol. The monoisotopic (exact) mass is 275 g/mol. The molecule has 1 heterocycles. The quantitative estimate of drug-likeness (QED) is 0.759. The van der Waals surface area contributed by atoms with Gasteiger partial charge in [-0.05, 0) is 23.8 Å². The van der Waals surface area contributed by atoms with E-state index in [1.807, 2.05) is 30.3 Å². The average molecular weight is 276 g/mol. The summed E-state index contributed by atoms with van der Waals surface area (Å²) >= 11 is 7.65. The van der Waals surface area contributed by atoms with Crippen molar-refractivity contribution in [3.63, 3.8) is 0 Å². The Morgan fingerprint density at radius 3 is 2.83 bits per heavy atom. The third kappa shape index (κ3) is 2.07. The highest BCUT2D eigenvalue weighted by Gasteiger charge is 2.08. The lowest BCUT2D eigenvalue weighted by molar-refractivity contribution is 0.470. The lowest BCUT2D eigenvalue weighted by Gasteiger charge is -2.06. The van der Waals surface area contributed by atoms with E-state index in [-0.39, 0.29) is 0 Å². The summed E-state index contributed by atoms with van der Waals surface area (Å²) in [4.78, 5) is 4.26. The van der Waals surface area contributed by atoms with Crippen molar-refractivity contribution >= 4 is 33.2 Å². The number of aromatic nitrogens is 1. The van der Waals surface area contributed by atoms with Crippen molar-refractivity contribution in [2.45, 2.75) is 6.42 Å². The van der Waals surface area contributed by atoms with E-state index in [0.29, 0.717) is 12.2 Å². The largest absolute Gasteiger partial charge is 0.508 e. The highest BCUT2D eigenvalue weighted by molar-refractivity contribution is 7.16. The van der Waals surface area contributed by atoms with Crippen LogP contribution in [0.15, 0.2) is 41.9 Å². The minimum absolute atomic E-state index is 0.298. The molecule has 0 amide bonds. The summed E-state index contributed by atoms with van der Waals surface area (Å²) in [5.41, 5.74) is 4.55. The first-order valence-electron chi connectivity index (χ1n) is 5.52. The second kappa shape index (κ2) is 4.59. The van der Waals surface area contributed by atoms with E-state index < -0.39 is 0 Å². The van der Waals surface area contributed by atoms with Gasteiger partial charge in [-0.15, -0.1) is 11.3 Å². The maximum absolute atomic E-state index is 10.0. The Morgan fingerprint density at radius 1 is 1.17 bits per heavy atom. The number of phenols is 1. The summed E-state index contributed by atoms with van der Waals surface area (Å²) in [6.45, 7) is 0. The smallest absolute Gasteiger partial charge is 0.120 e. The van der Waals surface area contributed by atoms with Crippen LogP contribution in [0.1, 0.15) is 11.1 Å². The van der Waals surface area contributed by atoms with E-state index in [9.17, 15) is 5.11 Å². The summed E-state index contributed by atoms with van der Waals surface area (Å²) in [6.07, 6.45) is 0.610. The lowest BCUT2D eigenvalue weighted by Crippen LogP contribution is -1.90. The van der Waals surface area contributed by atoms with Crippen molar-refractivity contribution in [1.82, 2.24) is 4.98 Å². The molecule has 0 unspecified atom stereocenters. The van der Waals surface area contributed by atoms with Crippen LogP contribution in [0, 0.1) is 0 Å². The van der Waals surface area contributed by atoms with Crippen LogP contribution in [-0.4, -0.2) is 10.1 Å². The van der Waals surface area contributed by atoms with Gasteiger partial charge in [-0.2, -0.15) is 0 Å². The van der Waals surface area contributed by atoms with Gasteiger partial charge in [-0.3, -0.25) is 0 Å². The number of fused-ring (bicyclic) bond motifs is 1. The Morgan fingerprint density at radius 2 is 2.00 bits per heavy atom. The van der Waals surface area contributed by atoms with Crippen LogP contribution in [0.5, 0.6) is 5.75 Å². The van der Waals surface area contributed by atoms with Gasteiger partial charge in [0.2, 0.25) is 0 Å². The van der Waals surface area contributed by atoms with Gasteiger partial charge in [0.1, 0.15) is 5.75 Å². The second-order valence-electron chi connectivity index (χ2n) is 4.07. The summed E-state index contributed by atoms with van der Waals surface area (Å²) < 4.78 is 0.996. The normalized spacial score (nSPS) is 10.9. The van der Waals surface area contributed by atoms with Gasteiger partial charge in [-0.1, -0.05) is 29.8 Å². The highest BCUT2D eigenvalue weighted by atomic mass is 35.5. The van der Waals surface area contributed by atoms with Crippen LogP contribution in [0.25, 0.3) is 10.2 Å². The van der Waals surface area contributed by atoms with Crippen molar-refractivity contribution in [1.29, 1.82) is 0 Å². The molecule has 2 nitrogen and oxygen atoms in total.